The molecule has 0 bridgehead atoms. The maximum absolute atomic E-state index is 12.0. The molecule has 1 aromatic heterocycles. The largest absolute Gasteiger partial charge is 0.496 e. The molecule has 0 unspecified atom stereocenters. The Balaban J connectivity index is 2.11. The number of amides is 1. The van der Waals surface area contributed by atoms with E-state index in [1.807, 2.05) is 6.07 Å². The van der Waals surface area contributed by atoms with Gasteiger partial charge in [0.25, 0.3) is 5.91 Å². The number of hydrogen-bond donors (Lipinski definition) is 1. The lowest BCUT2D eigenvalue weighted by molar-refractivity contribution is -0.117. The molecule has 1 aromatic carbocycles. The first-order chi connectivity index (χ1) is 10.6. The molecule has 0 fully saturated rings. The molecule has 2 aromatic rings. The molecule has 0 radical (unpaired) electrons. The number of furan rings is 1. The van der Waals surface area contributed by atoms with Gasteiger partial charge in [-0.2, -0.15) is 5.26 Å². The van der Waals surface area contributed by atoms with Gasteiger partial charge < -0.3 is 14.5 Å². The van der Waals surface area contributed by atoms with Crippen molar-refractivity contribution < 1.29 is 13.9 Å². The molecule has 0 saturated carbocycles. The number of nitrogens with one attached hydrogen (secondary N) is 1. The Kier molecular flexibility index (Phi) is 5.39. The van der Waals surface area contributed by atoms with Crippen LogP contribution >= 0.6 is 15.9 Å². The van der Waals surface area contributed by atoms with Gasteiger partial charge in [0.2, 0.25) is 0 Å². The van der Waals surface area contributed by atoms with E-state index in [4.69, 9.17) is 14.4 Å². The summed E-state index contributed by atoms with van der Waals surface area (Å²) in [6.07, 6.45) is 3.04. The van der Waals surface area contributed by atoms with Crippen LogP contribution in [0, 0.1) is 11.3 Å². The highest BCUT2D eigenvalue weighted by atomic mass is 79.9. The predicted molar refractivity (Wildman–Crippen MR) is 84.8 cm³/mol. The molecular weight excluding hydrogens is 348 g/mol. The normalized spacial score (nSPS) is 10.9. The zero-order valence-corrected chi connectivity index (χ0v) is 13.4. The van der Waals surface area contributed by atoms with Crippen molar-refractivity contribution in [2.75, 3.05) is 7.11 Å². The quantitative estimate of drug-likeness (QED) is 0.655. The topological polar surface area (TPSA) is 75.3 Å². The van der Waals surface area contributed by atoms with Crippen molar-refractivity contribution in [2.45, 2.75) is 6.54 Å². The maximum Gasteiger partial charge on any atom is 0.262 e. The van der Waals surface area contributed by atoms with E-state index in [0.717, 1.165) is 10.0 Å². The zero-order valence-electron chi connectivity index (χ0n) is 11.8. The van der Waals surface area contributed by atoms with Crippen molar-refractivity contribution in [3.05, 3.63) is 58.0 Å². The van der Waals surface area contributed by atoms with Gasteiger partial charge >= 0.3 is 0 Å². The average molecular weight is 361 g/mol. The van der Waals surface area contributed by atoms with E-state index in [0.29, 0.717) is 11.5 Å². The lowest BCUT2D eigenvalue weighted by Crippen LogP contribution is -2.23. The molecule has 1 heterocycles. The second-order valence-electron chi connectivity index (χ2n) is 4.33. The minimum absolute atomic E-state index is 0.0172. The molecule has 0 saturated heterocycles. The Morgan fingerprint density at radius 2 is 2.32 bits per heavy atom. The summed E-state index contributed by atoms with van der Waals surface area (Å²) in [7, 11) is 1.57. The van der Waals surface area contributed by atoms with Crippen LogP contribution in [-0.4, -0.2) is 13.0 Å². The highest BCUT2D eigenvalue weighted by molar-refractivity contribution is 9.10. The Bertz CT molecular complexity index is 730. The number of benzene rings is 1. The number of hydrogen-bond acceptors (Lipinski definition) is 4. The van der Waals surface area contributed by atoms with Gasteiger partial charge in [-0.3, -0.25) is 4.79 Å². The lowest BCUT2D eigenvalue weighted by Gasteiger charge is -2.05. The fourth-order valence-electron chi connectivity index (χ4n) is 1.76. The van der Waals surface area contributed by atoms with Gasteiger partial charge in [-0.05, 0) is 51.8 Å². The molecule has 0 atom stereocenters. The number of methoxy groups -OCH3 is 1. The van der Waals surface area contributed by atoms with E-state index in [1.165, 1.54) is 12.3 Å². The van der Waals surface area contributed by atoms with Gasteiger partial charge in [0.1, 0.15) is 23.2 Å². The summed E-state index contributed by atoms with van der Waals surface area (Å²) < 4.78 is 11.0. The molecule has 1 amide bonds. The maximum atomic E-state index is 12.0. The van der Waals surface area contributed by atoms with Crippen LogP contribution in [0.5, 0.6) is 5.75 Å². The van der Waals surface area contributed by atoms with E-state index in [1.54, 1.807) is 37.4 Å². The highest BCUT2D eigenvalue weighted by Gasteiger charge is 2.10. The van der Waals surface area contributed by atoms with E-state index >= 15 is 0 Å². The molecule has 0 aliphatic rings. The molecule has 22 heavy (non-hydrogen) atoms. The van der Waals surface area contributed by atoms with Crippen molar-refractivity contribution in [1.29, 1.82) is 5.26 Å². The fraction of sp³-hybridized carbons (Fsp3) is 0.125. The Morgan fingerprint density at radius 1 is 1.50 bits per heavy atom. The summed E-state index contributed by atoms with van der Waals surface area (Å²) in [6.45, 7) is 0.233. The first-order valence-electron chi connectivity index (χ1n) is 6.40. The Labute approximate surface area is 136 Å². The van der Waals surface area contributed by atoms with Crippen molar-refractivity contribution in [3.8, 4) is 11.8 Å². The van der Waals surface area contributed by atoms with Gasteiger partial charge in [0, 0.05) is 0 Å². The van der Waals surface area contributed by atoms with Gasteiger partial charge in [0.05, 0.1) is 24.4 Å². The fourth-order valence-corrected chi connectivity index (χ4v) is 2.32. The van der Waals surface area contributed by atoms with E-state index in [9.17, 15) is 4.79 Å². The number of nitriles is 1. The summed E-state index contributed by atoms with van der Waals surface area (Å²) in [5.41, 5.74) is 0.737. The predicted octanol–water partition coefficient (Wildman–Crippen LogP) is 3.27. The SMILES string of the molecule is COc1ccc(/C=C(/C#N)C(=O)NCc2ccco2)cc1Br. The molecule has 5 nitrogen and oxygen atoms in total. The first kappa shape index (κ1) is 15.9. The summed E-state index contributed by atoms with van der Waals surface area (Å²) in [4.78, 5) is 12.0. The Hall–Kier alpha value is -2.52. The number of ether oxygens (including phenoxy) is 1. The number of rotatable bonds is 5. The standard InChI is InChI=1S/C16H13BrN2O3/c1-21-15-5-4-11(8-14(15)17)7-12(9-18)16(20)19-10-13-3-2-6-22-13/h2-8H,10H2,1H3,(H,19,20)/b12-7-. The van der Waals surface area contributed by atoms with Gasteiger partial charge in [-0.1, -0.05) is 6.07 Å². The molecule has 0 aliphatic carbocycles. The summed E-state index contributed by atoms with van der Waals surface area (Å²) >= 11 is 3.36. The van der Waals surface area contributed by atoms with Crippen LogP contribution in [0.15, 0.2) is 51.1 Å². The molecule has 0 spiro atoms. The number of halogens is 1. The van der Waals surface area contributed by atoms with Gasteiger partial charge in [-0.15, -0.1) is 0 Å². The van der Waals surface area contributed by atoms with Crippen LogP contribution in [0.3, 0.4) is 0 Å². The van der Waals surface area contributed by atoms with Crippen LogP contribution < -0.4 is 10.1 Å². The summed E-state index contributed by atoms with van der Waals surface area (Å²) in [5.74, 6) is 0.849. The second-order valence-corrected chi connectivity index (χ2v) is 5.18. The molecule has 112 valence electrons. The van der Waals surface area contributed by atoms with Crippen LogP contribution in [0.4, 0.5) is 0 Å². The van der Waals surface area contributed by atoms with Crippen LogP contribution in [0.1, 0.15) is 11.3 Å². The van der Waals surface area contributed by atoms with Crippen molar-refractivity contribution in [2.24, 2.45) is 0 Å². The molecule has 0 aliphatic heterocycles. The van der Waals surface area contributed by atoms with Crippen molar-refractivity contribution >= 4 is 27.9 Å². The monoisotopic (exact) mass is 360 g/mol. The van der Waals surface area contributed by atoms with Crippen LogP contribution in [-0.2, 0) is 11.3 Å². The molecule has 1 N–H and O–H groups in total. The summed E-state index contributed by atoms with van der Waals surface area (Å²) in [6, 6.07) is 10.7. The van der Waals surface area contributed by atoms with E-state index in [2.05, 4.69) is 21.2 Å². The number of carbonyl (C=O) groups is 1. The molecule has 2 rings (SSSR count). The van der Waals surface area contributed by atoms with Gasteiger partial charge in [0.15, 0.2) is 0 Å². The minimum atomic E-state index is -0.453. The van der Waals surface area contributed by atoms with E-state index < -0.39 is 5.91 Å². The molecular formula is C16H13BrN2O3. The third-order valence-corrected chi connectivity index (χ3v) is 3.47. The van der Waals surface area contributed by atoms with E-state index in [-0.39, 0.29) is 12.1 Å². The van der Waals surface area contributed by atoms with Crippen LogP contribution in [0.25, 0.3) is 6.08 Å². The van der Waals surface area contributed by atoms with Gasteiger partial charge in [-0.25, -0.2) is 0 Å². The summed E-state index contributed by atoms with van der Waals surface area (Å²) in [5, 5.41) is 11.8. The Morgan fingerprint density at radius 3 is 2.91 bits per heavy atom. The highest BCUT2D eigenvalue weighted by Crippen LogP contribution is 2.26. The van der Waals surface area contributed by atoms with Crippen molar-refractivity contribution in [3.63, 3.8) is 0 Å². The smallest absolute Gasteiger partial charge is 0.262 e. The molecule has 6 heteroatoms. The second kappa shape index (κ2) is 7.48. The zero-order chi connectivity index (χ0) is 15.9. The number of carbonyl (C=O) groups excluding carboxylic acids is 1. The van der Waals surface area contributed by atoms with Crippen LogP contribution in [0.2, 0.25) is 0 Å². The average Bonchev–Trinajstić information content (AvgIpc) is 3.04. The first-order valence-corrected chi connectivity index (χ1v) is 7.19. The lowest BCUT2D eigenvalue weighted by atomic mass is 10.1. The van der Waals surface area contributed by atoms with Crippen molar-refractivity contribution in [1.82, 2.24) is 5.32 Å². The third-order valence-electron chi connectivity index (χ3n) is 2.86. The third kappa shape index (κ3) is 3.99. The number of nitrogens with zero attached hydrogens (tertiary/aromatic N) is 1. The minimum Gasteiger partial charge on any atom is -0.496 e.